The molecule has 5 heteroatoms. The number of esters is 1. The Labute approximate surface area is 144 Å². The Morgan fingerprint density at radius 2 is 1.96 bits per heavy atom. The van der Waals surface area contributed by atoms with Crippen LogP contribution in [0.1, 0.15) is 21.7 Å². The minimum Gasteiger partial charge on any atom is -0.454 e. The summed E-state index contributed by atoms with van der Waals surface area (Å²) in [5.41, 5.74) is 2.49. The Kier molecular flexibility index (Phi) is 4.04. The van der Waals surface area contributed by atoms with Crippen LogP contribution in [0.15, 0.2) is 73.2 Å². The highest BCUT2D eigenvalue weighted by Crippen LogP contribution is 2.18. The number of imidazole rings is 1. The number of hydrogen-bond donors (Lipinski definition) is 1. The van der Waals surface area contributed by atoms with Crippen molar-refractivity contribution in [2.24, 2.45) is 0 Å². The summed E-state index contributed by atoms with van der Waals surface area (Å²) in [6.45, 7) is 0.829. The predicted octanol–water partition coefficient (Wildman–Crippen LogP) is 3.77. The zero-order valence-corrected chi connectivity index (χ0v) is 13.6. The van der Waals surface area contributed by atoms with Gasteiger partial charge in [0.05, 0.1) is 11.1 Å². The normalized spacial score (nSPS) is 10.9. The van der Waals surface area contributed by atoms with Crippen LogP contribution in [0.2, 0.25) is 0 Å². The van der Waals surface area contributed by atoms with Crippen LogP contribution in [0.3, 0.4) is 0 Å². The van der Waals surface area contributed by atoms with Gasteiger partial charge in [-0.1, -0.05) is 42.5 Å². The van der Waals surface area contributed by atoms with Crippen LogP contribution in [0.25, 0.3) is 10.9 Å². The van der Waals surface area contributed by atoms with Crippen molar-refractivity contribution < 1.29 is 9.53 Å². The molecule has 124 valence electrons. The molecule has 0 aliphatic heterocycles. The van der Waals surface area contributed by atoms with Gasteiger partial charge < -0.3 is 14.3 Å². The summed E-state index contributed by atoms with van der Waals surface area (Å²) in [6.07, 6.45) is 5.42. The van der Waals surface area contributed by atoms with Crippen molar-refractivity contribution >= 4 is 16.9 Å². The van der Waals surface area contributed by atoms with Gasteiger partial charge in [-0.25, -0.2) is 9.78 Å². The Morgan fingerprint density at radius 3 is 2.84 bits per heavy atom. The van der Waals surface area contributed by atoms with E-state index in [4.69, 9.17) is 4.74 Å². The minimum atomic E-state index is -0.359. The summed E-state index contributed by atoms with van der Waals surface area (Å²) in [5, 5.41) is 0.986. The van der Waals surface area contributed by atoms with E-state index in [1.807, 2.05) is 53.4 Å². The first-order valence-electron chi connectivity index (χ1n) is 8.08. The van der Waals surface area contributed by atoms with Crippen molar-refractivity contribution in [2.45, 2.75) is 13.2 Å². The third-order valence-corrected chi connectivity index (χ3v) is 4.14. The molecule has 2 aromatic carbocycles. The van der Waals surface area contributed by atoms with Gasteiger partial charge in [0.25, 0.3) is 0 Å². The molecule has 0 atom stereocenters. The monoisotopic (exact) mass is 331 g/mol. The van der Waals surface area contributed by atoms with Crippen molar-refractivity contribution in [3.63, 3.8) is 0 Å². The summed E-state index contributed by atoms with van der Waals surface area (Å²) in [7, 11) is 0. The van der Waals surface area contributed by atoms with E-state index in [1.165, 1.54) is 5.56 Å². The summed E-state index contributed by atoms with van der Waals surface area (Å²) >= 11 is 0. The van der Waals surface area contributed by atoms with E-state index in [2.05, 4.69) is 22.1 Å². The van der Waals surface area contributed by atoms with Crippen LogP contribution >= 0.6 is 0 Å². The third kappa shape index (κ3) is 3.17. The number of benzene rings is 2. The van der Waals surface area contributed by atoms with E-state index in [0.29, 0.717) is 12.1 Å². The third-order valence-electron chi connectivity index (χ3n) is 4.14. The van der Waals surface area contributed by atoms with Gasteiger partial charge in [0.2, 0.25) is 0 Å². The largest absolute Gasteiger partial charge is 0.454 e. The molecule has 0 amide bonds. The van der Waals surface area contributed by atoms with E-state index < -0.39 is 0 Å². The van der Waals surface area contributed by atoms with Gasteiger partial charge in [0.1, 0.15) is 12.4 Å². The SMILES string of the molecule is O=C(OCc1nccn1Cc1ccccc1)c1cccc2cc[nH]c12. The number of carbonyl (C=O) groups is 1. The first kappa shape index (κ1) is 15.2. The molecule has 4 rings (SSSR count). The molecule has 0 radical (unpaired) electrons. The van der Waals surface area contributed by atoms with E-state index in [1.54, 1.807) is 12.3 Å². The zero-order valence-electron chi connectivity index (χ0n) is 13.6. The molecule has 0 aliphatic rings. The highest BCUT2D eigenvalue weighted by Gasteiger charge is 2.13. The van der Waals surface area contributed by atoms with E-state index in [-0.39, 0.29) is 12.6 Å². The number of para-hydroxylation sites is 1. The molecule has 0 spiro atoms. The fourth-order valence-electron chi connectivity index (χ4n) is 2.87. The first-order chi connectivity index (χ1) is 12.3. The van der Waals surface area contributed by atoms with Crippen LogP contribution in [-0.2, 0) is 17.9 Å². The molecule has 0 aliphatic carbocycles. The number of rotatable bonds is 5. The molecule has 0 fully saturated rings. The fraction of sp³-hybridized carbons (Fsp3) is 0.100. The topological polar surface area (TPSA) is 59.9 Å². The standard InChI is InChI=1S/C20H17N3O2/c24-20(17-8-4-7-16-9-10-22-19(16)17)25-14-18-21-11-12-23(18)13-15-5-2-1-3-6-15/h1-12,22H,13-14H2. The zero-order chi connectivity index (χ0) is 17.1. The Balaban J connectivity index is 1.48. The summed E-state index contributed by atoms with van der Waals surface area (Å²) in [4.78, 5) is 19.8. The molecular formula is C20H17N3O2. The van der Waals surface area contributed by atoms with Gasteiger partial charge in [-0.2, -0.15) is 0 Å². The van der Waals surface area contributed by atoms with Crippen molar-refractivity contribution in [3.05, 3.63) is 90.1 Å². The maximum Gasteiger partial charge on any atom is 0.340 e. The number of H-pyrrole nitrogens is 1. The summed E-state index contributed by atoms with van der Waals surface area (Å²) in [6, 6.07) is 17.6. The fourth-order valence-corrected chi connectivity index (χ4v) is 2.87. The van der Waals surface area contributed by atoms with E-state index in [0.717, 1.165) is 16.7 Å². The first-order valence-corrected chi connectivity index (χ1v) is 8.08. The summed E-state index contributed by atoms with van der Waals surface area (Å²) < 4.78 is 7.47. The Bertz CT molecular complexity index is 1000. The highest BCUT2D eigenvalue weighted by atomic mass is 16.5. The maximum atomic E-state index is 12.4. The van der Waals surface area contributed by atoms with Gasteiger partial charge in [0, 0.05) is 30.5 Å². The number of aromatic amines is 1. The van der Waals surface area contributed by atoms with Gasteiger partial charge in [-0.05, 0) is 17.7 Å². The second-order valence-electron chi connectivity index (χ2n) is 5.78. The highest BCUT2D eigenvalue weighted by molar-refractivity contribution is 6.02. The number of hydrogen-bond acceptors (Lipinski definition) is 3. The molecule has 5 nitrogen and oxygen atoms in total. The van der Waals surface area contributed by atoms with E-state index >= 15 is 0 Å². The van der Waals surface area contributed by atoms with Gasteiger partial charge >= 0.3 is 5.97 Å². The van der Waals surface area contributed by atoms with Crippen LogP contribution < -0.4 is 0 Å². The molecule has 4 aromatic rings. The predicted molar refractivity (Wildman–Crippen MR) is 95.2 cm³/mol. The Hall–Kier alpha value is -3.34. The Morgan fingerprint density at radius 1 is 1.08 bits per heavy atom. The number of ether oxygens (including phenoxy) is 1. The molecule has 25 heavy (non-hydrogen) atoms. The molecule has 0 unspecified atom stereocenters. The smallest absolute Gasteiger partial charge is 0.340 e. The van der Waals surface area contributed by atoms with Crippen LogP contribution in [-0.4, -0.2) is 20.5 Å². The number of carbonyl (C=O) groups excluding carboxylic acids is 1. The summed E-state index contributed by atoms with van der Waals surface area (Å²) in [5.74, 6) is 0.359. The van der Waals surface area contributed by atoms with Crippen molar-refractivity contribution in [1.82, 2.24) is 14.5 Å². The average molecular weight is 331 g/mol. The van der Waals surface area contributed by atoms with Gasteiger partial charge in [-0.15, -0.1) is 0 Å². The number of aromatic nitrogens is 3. The maximum absolute atomic E-state index is 12.4. The lowest BCUT2D eigenvalue weighted by molar-refractivity contribution is 0.0460. The van der Waals surface area contributed by atoms with Crippen LogP contribution in [0, 0.1) is 0 Å². The van der Waals surface area contributed by atoms with E-state index in [9.17, 15) is 4.79 Å². The number of fused-ring (bicyclic) bond motifs is 1. The molecule has 1 N–H and O–H groups in total. The second-order valence-corrected chi connectivity index (χ2v) is 5.78. The van der Waals surface area contributed by atoms with Crippen LogP contribution in [0.5, 0.6) is 0 Å². The molecule has 0 saturated carbocycles. The lowest BCUT2D eigenvalue weighted by Crippen LogP contribution is -2.10. The molecule has 0 bridgehead atoms. The lowest BCUT2D eigenvalue weighted by Gasteiger charge is -2.09. The van der Waals surface area contributed by atoms with Crippen LogP contribution in [0.4, 0.5) is 0 Å². The average Bonchev–Trinajstić information content (AvgIpc) is 3.29. The van der Waals surface area contributed by atoms with Gasteiger partial charge in [0.15, 0.2) is 0 Å². The molecule has 0 saturated heterocycles. The van der Waals surface area contributed by atoms with Crippen molar-refractivity contribution in [1.29, 1.82) is 0 Å². The molecule has 2 aromatic heterocycles. The van der Waals surface area contributed by atoms with Crippen molar-refractivity contribution in [2.75, 3.05) is 0 Å². The van der Waals surface area contributed by atoms with Gasteiger partial charge in [-0.3, -0.25) is 0 Å². The molecule has 2 heterocycles. The quantitative estimate of drug-likeness (QED) is 0.566. The number of nitrogens with one attached hydrogen (secondary N) is 1. The molecular weight excluding hydrogens is 314 g/mol. The van der Waals surface area contributed by atoms with Crippen molar-refractivity contribution in [3.8, 4) is 0 Å². The minimum absolute atomic E-state index is 0.135. The number of nitrogens with zero attached hydrogens (tertiary/aromatic N) is 2. The second kappa shape index (κ2) is 6.65. The lowest BCUT2D eigenvalue weighted by atomic mass is 10.1.